The van der Waals surface area contributed by atoms with E-state index in [0.29, 0.717) is 19.4 Å². The van der Waals surface area contributed by atoms with Gasteiger partial charge in [-0.2, -0.15) is 0 Å². The molecule has 3 N–H and O–H groups in total. The van der Waals surface area contributed by atoms with Crippen LogP contribution in [0.2, 0.25) is 0 Å². The normalized spacial score (nSPS) is 16.7. The average molecular weight is 278 g/mol. The van der Waals surface area contributed by atoms with E-state index in [4.69, 9.17) is 5.73 Å². The van der Waals surface area contributed by atoms with E-state index in [9.17, 15) is 9.59 Å². The molecule has 1 aliphatic heterocycles. The summed E-state index contributed by atoms with van der Waals surface area (Å²) in [7, 11) is 0. The molecule has 0 aliphatic carbocycles. The van der Waals surface area contributed by atoms with Crippen molar-refractivity contribution >= 4 is 24.2 Å². The minimum absolute atomic E-state index is 0. The van der Waals surface area contributed by atoms with Crippen LogP contribution in [0.25, 0.3) is 0 Å². The molecule has 0 bridgehead atoms. The molecule has 0 aromatic heterocycles. The number of hydrogen-bond donors (Lipinski definition) is 2. The van der Waals surface area contributed by atoms with Crippen LogP contribution in [0.3, 0.4) is 0 Å². The van der Waals surface area contributed by atoms with Crippen LogP contribution in [-0.2, 0) is 9.59 Å². The molecule has 0 aromatic rings. The van der Waals surface area contributed by atoms with E-state index in [1.54, 1.807) is 6.92 Å². The second-order valence-corrected chi connectivity index (χ2v) is 4.72. The van der Waals surface area contributed by atoms with Gasteiger partial charge in [-0.15, -0.1) is 12.4 Å². The molecule has 1 fully saturated rings. The number of likely N-dealkylation sites (tertiary alicyclic amines) is 1. The number of nitrogens with two attached hydrogens (primary N) is 1. The zero-order valence-electron chi connectivity index (χ0n) is 11.0. The van der Waals surface area contributed by atoms with Crippen molar-refractivity contribution in [2.24, 2.45) is 5.73 Å². The molecule has 1 aliphatic rings. The first kappa shape index (κ1) is 17.2. The second-order valence-electron chi connectivity index (χ2n) is 4.72. The minimum atomic E-state index is -0.132. The van der Waals surface area contributed by atoms with E-state index < -0.39 is 0 Å². The highest BCUT2D eigenvalue weighted by Gasteiger charge is 2.16. The number of nitrogens with zero attached hydrogens (tertiary/aromatic N) is 1. The largest absolute Gasteiger partial charge is 0.356 e. The lowest BCUT2D eigenvalue weighted by molar-refractivity contribution is -0.132. The van der Waals surface area contributed by atoms with E-state index in [0.717, 1.165) is 25.9 Å². The Hall–Kier alpha value is -0.810. The Labute approximate surface area is 115 Å². The van der Waals surface area contributed by atoms with E-state index in [1.165, 1.54) is 6.42 Å². The molecule has 0 saturated carbocycles. The van der Waals surface area contributed by atoms with Gasteiger partial charge in [-0.25, -0.2) is 0 Å². The third-order valence-corrected chi connectivity index (χ3v) is 2.88. The van der Waals surface area contributed by atoms with Crippen molar-refractivity contribution in [1.82, 2.24) is 10.2 Å². The summed E-state index contributed by atoms with van der Waals surface area (Å²) in [5.74, 6) is 0.0669. The molecule has 0 radical (unpaired) electrons. The van der Waals surface area contributed by atoms with Crippen LogP contribution in [0.4, 0.5) is 0 Å². The lowest BCUT2D eigenvalue weighted by atomic mass is 10.1. The summed E-state index contributed by atoms with van der Waals surface area (Å²) in [6.07, 6.45) is 4.13. The quantitative estimate of drug-likeness (QED) is 0.775. The average Bonchev–Trinajstić information content (AvgIpc) is 2.29. The first-order valence-electron chi connectivity index (χ1n) is 6.39. The smallest absolute Gasteiger partial charge is 0.224 e. The lowest BCUT2D eigenvalue weighted by Gasteiger charge is -2.26. The first-order chi connectivity index (χ1) is 8.09. The van der Waals surface area contributed by atoms with Gasteiger partial charge in [0.05, 0.1) is 0 Å². The molecule has 2 amide bonds. The predicted octanol–water partition coefficient (Wildman–Crippen LogP) is 0.664. The molecule has 1 atom stereocenters. The molecule has 0 aromatic carbocycles. The van der Waals surface area contributed by atoms with E-state index in [-0.39, 0.29) is 30.3 Å². The topological polar surface area (TPSA) is 75.4 Å². The van der Waals surface area contributed by atoms with Gasteiger partial charge in [-0.05, 0) is 26.2 Å². The number of halogens is 1. The van der Waals surface area contributed by atoms with Crippen LogP contribution in [0, 0.1) is 0 Å². The van der Waals surface area contributed by atoms with Gasteiger partial charge >= 0.3 is 0 Å². The maximum Gasteiger partial charge on any atom is 0.224 e. The molecule has 1 rings (SSSR count). The lowest BCUT2D eigenvalue weighted by Crippen LogP contribution is -2.38. The Balaban J connectivity index is 0.00000289. The predicted molar refractivity (Wildman–Crippen MR) is 73.6 cm³/mol. The van der Waals surface area contributed by atoms with Crippen LogP contribution >= 0.6 is 12.4 Å². The standard InChI is InChI=1S/C12H23N3O2.ClH/c1-10(13)9-11(16)14-6-5-12(17)15-7-3-2-4-8-15;/h10H,2-9,13H2,1H3,(H,14,16);1H. The molecular formula is C12H24ClN3O2. The molecule has 1 saturated heterocycles. The van der Waals surface area contributed by atoms with Crippen LogP contribution in [-0.4, -0.2) is 42.4 Å². The Morgan fingerprint density at radius 3 is 2.44 bits per heavy atom. The second kappa shape index (κ2) is 9.16. The Morgan fingerprint density at radius 2 is 1.89 bits per heavy atom. The summed E-state index contributed by atoms with van der Waals surface area (Å²) < 4.78 is 0. The van der Waals surface area contributed by atoms with Crippen LogP contribution in [0.5, 0.6) is 0 Å². The summed E-state index contributed by atoms with van der Waals surface area (Å²) in [5, 5.41) is 2.72. The van der Waals surface area contributed by atoms with Crippen molar-refractivity contribution in [3.8, 4) is 0 Å². The molecule has 5 nitrogen and oxygen atoms in total. The Bertz CT molecular complexity index is 266. The van der Waals surface area contributed by atoms with Crippen molar-refractivity contribution in [1.29, 1.82) is 0 Å². The van der Waals surface area contributed by atoms with Gasteiger partial charge in [0.15, 0.2) is 0 Å². The minimum Gasteiger partial charge on any atom is -0.356 e. The van der Waals surface area contributed by atoms with Crippen LogP contribution in [0.1, 0.15) is 39.0 Å². The maximum atomic E-state index is 11.8. The number of carbonyl (C=O) groups excluding carboxylic acids is 2. The number of piperidine rings is 1. The van der Waals surface area contributed by atoms with E-state index >= 15 is 0 Å². The summed E-state index contributed by atoms with van der Waals surface area (Å²) in [6, 6.07) is -0.132. The number of hydrogen-bond acceptors (Lipinski definition) is 3. The highest BCUT2D eigenvalue weighted by atomic mass is 35.5. The SMILES string of the molecule is CC(N)CC(=O)NCCC(=O)N1CCCCC1.Cl. The fourth-order valence-electron chi connectivity index (χ4n) is 1.97. The Kier molecular flexibility index (Phi) is 8.75. The number of amides is 2. The summed E-state index contributed by atoms with van der Waals surface area (Å²) in [4.78, 5) is 24.9. The van der Waals surface area contributed by atoms with Gasteiger partial charge in [0.2, 0.25) is 11.8 Å². The number of carbonyl (C=O) groups is 2. The number of nitrogens with one attached hydrogen (secondary N) is 1. The molecular weight excluding hydrogens is 254 g/mol. The van der Waals surface area contributed by atoms with Gasteiger partial charge in [0.25, 0.3) is 0 Å². The van der Waals surface area contributed by atoms with Crippen molar-refractivity contribution in [2.45, 2.75) is 45.1 Å². The Morgan fingerprint density at radius 1 is 1.28 bits per heavy atom. The number of rotatable bonds is 5. The molecule has 18 heavy (non-hydrogen) atoms. The van der Waals surface area contributed by atoms with Gasteiger partial charge < -0.3 is 16.0 Å². The molecule has 106 valence electrons. The van der Waals surface area contributed by atoms with E-state index in [2.05, 4.69) is 5.32 Å². The van der Waals surface area contributed by atoms with Gasteiger partial charge in [-0.3, -0.25) is 9.59 Å². The van der Waals surface area contributed by atoms with Crippen molar-refractivity contribution in [3.05, 3.63) is 0 Å². The first-order valence-corrected chi connectivity index (χ1v) is 6.39. The molecule has 1 unspecified atom stereocenters. The van der Waals surface area contributed by atoms with Crippen LogP contribution < -0.4 is 11.1 Å². The highest BCUT2D eigenvalue weighted by Crippen LogP contribution is 2.09. The van der Waals surface area contributed by atoms with Crippen LogP contribution in [0.15, 0.2) is 0 Å². The van der Waals surface area contributed by atoms with Gasteiger partial charge in [-0.1, -0.05) is 0 Å². The van der Waals surface area contributed by atoms with E-state index in [1.807, 2.05) is 4.90 Å². The summed E-state index contributed by atoms with van der Waals surface area (Å²) in [5.41, 5.74) is 5.51. The molecule has 0 spiro atoms. The summed E-state index contributed by atoms with van der Waals surface area (Å²) in [6.45, 7) is 3.94. The molecule has 1 heterocycles. The van der Waals surface area contributed by atoms with Gasteiger partial charge in [0.1, 0.15) is 0 Å². The van der Waals surface area contributed by atoms with Gasteiger partial charge in [0, 0.05) is 38.5 Å². The van der Waals surface area contributed by atoms with Crippen molar-refractivity contribution in [2.75, 3.05) is 19.6 Å². The third kappa shape index (κ3) is 6.81. The van der Waals surface area contributed by atoms with Crippen molar-refractivity contribution < 1.29 is 9.59 Å². The molecule has 6 heteroatoms. The fraction of sp³-hybridized carbons (Fsp3) is 0.833. The zero-order valence-corrected chi connectivity index (χ0v) is 11.8. The monoisotopic (exact) mass is 277 g/mol. The highest BCUT2D eigenvalue weighted by molar-refractivity contribution is 5.85. The maximum absolute atomic E-state index is 11.8. The zero-order chi connectivity index (χ0) is 12.7. The fourth-order valence-corrected chi connectivity index (χ4v) is 1.97. The third-order valence-electron chi connectivity index (χ3n) is 2.88. The van der Waals surface area contributed by atoms with Crippen molar-refractivity contribution in [3.63, 3.8) is 0 Å². The summed E-state index contributed by atoms with van der Waals surface area (Å²) >= 11 is 0.